The minimum absolute atomic E-state index is 0.0267. The molecule has 0 saturated heterocycles. The van der Waals surface area contributed by atoms with Gasteiger partial charge in [0.2, 0.25) is 0 Å². The van der Waals surface area contributed by atoms with Gasteiger partial charge in [0.15, 0.2) is 0 Å². The van der Waals surface area contributed by atoms with Crippen LogP contribution in [0.1, 0.15) is 10.4 Å². The third-order valence-electron chi connectivity index (χ3n) is 2.41. The lowest BCUT2D eigenvalue weighted by atomic mass is 10.2. The number of halogens is 2. The van der Waals surface area contributed by atoms with Gasteiger partial charge >= 0.3 is 0 Å². The van der Waals surface area contributed by atoms with Gasteiger partial charge in [0.25, 0.3) is 5.91 Å². The first-order chi connectivity index (χ1) is 8.97. The summed E-state index contributed by atoms with van der Waals surface area (Å²) < 4.78 is 13.4. The Morgan fingerprint density at radius 2 is 1.89 bits per heavy atom. The summed E-state index contributed by atoms with van der Waals surface area (Å²) in [6, 6.07) is 7.27. The van der Waals surface area contributed by atoms with Gasteiger partial charge in [-0.25, -0.2) is 4.39 Å². The Kier molecular flexibility index (Phi) is 3.57. The normalized spacial score (nSPS) is 10.2. The predicted octanol–water partition coefficient (Wildman–Crippen LogP) is 3.14. The van der Waals surface area contributed by atoms with E-state index >= 15 is 0 Å². The van der Waals surface area contributed by atoms with Crippen LogP contribution in [0.4, 0.5) is 10.1 Å². The van der Waals surface area contributed by atoms with Crippen molar-refractivity contribution < 1.29 is 19.4 Å². The number of hydrogen-bond acceptors (Lipinski definition) is 3. The van der Waals surface area contributed by atoms with Gasteiger partial charge in [0.05, 0.1) is 10.7 Å². The first-order valence-electron chi connectivity index (χ1n) is 5.26. The Morgan fingerprint density at radius 1 is 1.16 bits per heavy atom. The quantitative estimate of drug-likeness (QED) is 0.741. The molecule has 0 aliphatic rings. The number of anilines is 1. The van der Waals surface area contributed by atoms with Crippen molar-refractivity contribution >= 4 is 23.2 Å². The lowest BCUT2D eigenvalue weighted by Crippen LogP contribution is -2.12. The van der Waals surface area contributed by atoms with Crippen molar-refractivity contribution in [3.05, 3.63) is 52.8 Å². The number of benzene rings is 2. The maximum Gasteiger partial charge on any atom is 0.255 e. The van der Waals surface area contributed by atoms with E-state index in [2.05, 4.69) is 5.32 Å². The second-order valence-electron chi connectivity index (χ2n) is 3.78. The SMILES string of the molecule is O=C(Nc1ccc(O)cc1F)c1ccc(O)c(Cl)c1. The number of aromatic hydroxyl groups is 2. The Balaban J connectivity index is 2.23. The molecule has 0 heterocycles. The molecular formula is C13H9ClFNO3. The van der Waals surface area contributed by atoms with E-state index in [1.807, 2.05) is 0 Å². The molecule has 0 aliphatic heterocycles. The van der Waals surface area contributed by atoms with E-state index in [-0.39, 0.29) is 27.8 Å². The minimum Gasteiger partial charge on any atom is -0.508 e. The Bertz CT molecular complexity index is 646. The summed E-state index contributed by atoms with van der Waals surface area (Å²) in [5.74, 6) is -1.71. The number of carbonyl (C=O) groups is 1. The first-order valence-corrected chi connectivity index (χ1v) is 5.63. The molecule has 4 nitrogen and oxygen atoms in total. The zero-order chi connectivity index (χ0) is 14.0. The average Bonchev–Trinajstić information content (AvgIpc) is 2.36. The molecule has 0 bridgehead atoms. The third kappa shape index (κ3) is 2.95. The van der Waals surface area contributed by atoms with Crippen molar-refractivity contribution in [2.45, 2.75) is 0 Å². The molecule has 2 aromatic carbocycles. The number of nitrogens with one attached hydrogen (secondary N) is 1. The van der Waals surface area contributed by atoms with Crippen LogP contribution in [0.15, 0.2) is 36.4 Å². The molecule has 0 saturated carbocycles. The van der Waals surface area contributed by atoms with Gasteiger partial charge in [-0.3, -0.25) is 4.79 Å². The molecule has 0 spiro atoms. The van der Waals surface area contributed by atoms with Crippen LogP contribution >= 0.6 is 11.6 Å². The number of rotatable bonds is 2. The molecule has 3 N–H and O–H groups in total. The fraction of sp³-hybridized carbons (Fsp3) is 0. The molecule has 6 heteroatoms. The highest BCUT2D eigenvalue weighted by molar-refractivity contribution is 6.32. The highest BCUT2D eigenvalue weighted by Gasteiger charge is 2.11. The van der Waals surface area contributed by atoms with Crippen LogP contribution in [-0.2, 0) is 0 Å². The van der Waals surface area contributed by atoms with Crippen molar-refractivity contribution in [1.82, 2.24) is 0 Å². The third-order valence-corrected chi connectivity index (χ3v) is 2.71. The van der Waals surface area contributed by atoms with E-state index in [1.165, 1.54) is 30.3 Å². The minimum atomic E-state index is -0.752. The summed E-state index contributed by atoms with van der Waals surface area (Å²) in [5, 5.41) is 20.7. The zero-order valence-corrected chi connectivity index (χ0v) is 10.3. The fourth-order valence-corrected chi connectivity index (χ4v) is 1.63. The summed E-state index contributed by atoms with van der Waals surface area (Å²) in [7, 11) is 0. The van der Waals surface area contributed by atoms with Crippen LogP contribution in [-0.4, -0.2) is 16.1 Å². The molecule has 2 rings (SSSR count). The predicted molar refractivity (Wildman–Crippen MR) is 69.1 cm³/mol. The van der Waals surface area contributed by atoms with E-state index in [4.69, 9.17) is 16.7 Å². The van der Waals surface area contributed by atoms with Gasteiger partial charge in [0, 0.05) is 11.6 Å². The van der Waals surface area contributed by atoms with Crippen molar-refractivity contribution in [2.75, 3.05) is 5.32 Å². The molecule has 0 aliphatic carbocycles. The highest BCUT2D eigenvalue weighted by Crippen LogP contribution is 2.25. The van der Waals surface area contributed by atoms with Crippen LogP contribution in [0.25, 0.3) is 0 Å². The van der Waals surface area contributed by atoms with Gasteiger partial charge in [-0.2, -0.15) is 0 Å². The van der Waals surface area contributed by atoms with Gasteiger partial charge in [-0.05, 0) is 30.3 Å². The molecule has 0 aromatic heterocycles. The number of phenols is 2. The van der Waals surface area contributed by atoms with E-state index in [9.17, 15) is 14.3 Å². The Hall–Kier alpha value is -2.27. The summed E-state index contributed by atoms with van der Waals surface area (Å²) >= 11 is 5.68. The van der Waals surface area contributed by atoms with Gasteiger partial charge < -0.3 is 15.5 Å². The summed E-state index contributed by atoms with van der Waals surface area (Å²) in [4.78, 5) is 11.8. The standard InChI is InChI=1S/C13H9ClFNO3/c14-9-5-7(1-4-12(9)18)13(19)16-11-3-2-8(17)6-10(11)15/h1-6,17-18H,(H,16,19). The maximum atomic E-state index is 13.4. The molecule has 0 fully saturated rings. The second-order valence-corrected chi connectivity index (χ2v) is 4.19. The molecule has 0 radical (unpaired) electrons. The topological polar surface area (TPSA) is 69.6 Å². The van der Waals surface area contributed by atoms with Gasteiger partial charge in [0.1, 0.15) is 17.3 Å². The molecule has 0 atom stereocenters. The van der Waals surface area contributed by atoms with E-state index in [0.29, 0.717) is 0 Å². The Labute approximate surface area is 113 Å². The van der Waals surface area contributed by atoms with E-state index in [0.717, 1.165) is 6.07 Å². The number of hydrogen-bond donors (Lipinski definition) is 3. The second kappa shape index (κ2) is 5.16. The van der Waals surface area contributed by atoms with Crippen molar-refractivity contribution in [3.8, 4) is 11.5 Å². The molecule has 2 aromatic rings. The van der Waals surface area contributed by atoms with Crippen LogP contribution < -0.4 is 5.32 Å². The van der Waals surface area contributed by atoms with Crippen LogP contribution in [0.5, 0.6) is 11.5 Å². The van der Waals surface area contributed by atoms with Crippen molar-refractivity contribution in [3.63, 3.8) is 0 Å². The zero-order valence-electron chi connectivity index (χ0n) is 9.52. The lowest BCUT2D eigenvalue weighted by Gasteiger charge is -2.07. The number of amides is 1. The largest absolute Gasteiger partial charge is 0.508 e. The van der Waals surface area contributed by atoms with Crippen molar-refractivity contribution in [2.24, 2.45) is 0 Å². The Morgan fingerprint density at radius 3 is 2.53 bits per heavy atom. The summed E-state index contributed by atoms with van der Waals surface area (Å²) in [6.07, 6.45) is 0. The van der Waals surface area contributed by atoms with Crippen LogP contribution in [0.3, 0.4) is 0 Å². The summed E-state index contributed by atoms with van der Waals surface area (Å²) in [6.45, 7) is 0. The molecular weight excluding hydrogens is 273 g/mol. The molecule has 98 valence electrons. The van der Waals surface area contributed by atoms with Gasteiger partial charge in [-0.15, -0.1) is 0 Å². The molecule has 19 heavy (non-hydrogen) atoms. The van der Waals surface area contributed by atoms with E-state index in [1.54, 1.807) is 0 Å². The first kappa shape index (κ1) is 13.2. The van der Waals surface area contributed by atoms with Gasteiger partial charge in [-0.1, -0.05) is 11.6 Å². The molecule has 1 amide bonds. The molecule has 0 unspecified atom stereocenters. The number of phenolic OH excluding ortho intramolecular Hbond substituents is 2. The number of carbonyl (C=O) groups excluding carboxylic acids is 1. The van der Waals surface area contributed by atoms with Crippen LogP contribution in [0, 0.1) is 5.82 Å². The monoisotopic (exact) mass is 281 g/mol. The highest BCUT2D eigenvalue weighted by atomic mass is 35.5. The summed E-state index contributed by atoms with van der Waals surface area (Å²) in [5.41, 5.74) is 0.113. The fourth-order valence-electron chi connectivity index (χ4n) is 1.45. The smallest absolute Gasteiger partial charge is 0.255 e. The van der Waals surface area contributed by atoms with E-state index < -0.39 is 11.7 Å². The maximum absolute atomic E-state index is 13.4. The van der Waals surface area contributed by atoms with Crippen molar-refractivity contribution in [1.29, 1.82) is 0 Å². The lowest BCUT2D eigenvalue weighted by molar-refractivity contribution is 0.102. The van der Waals surface area contributed by atoms with Crippen LogP contribution in [0.2, 0.25) is 5.02 Å². The average molecular weight is 282 g/mol.